The van der Waals surface area contributed by atoms with E-state index in [2.05, 4.69) is 10.8 Å². The van der Waals surface area contributed by atoms with Crippen LogP contribution in [0.15, 0.2) is 0 Å². The zero-order valence-electron chi connectivity index (χ0n) is 8.61. The number of piperidine rings is 1. The molecule has 0 atom stereocenters. The number of hydrogen-bond acceptors (Lipinski definition) is 3. The van der Waals surface area contributed by atoms with Gasteiger partial charge in [-0.15, -0.1) is 6.42 Å². The van der Waals surface area contributed by atoms with Crippen molar-refractivity contribution in [1.82, 2.24) is 4.90 Å². The third-order valence-electron chi connectivity index (χ3n) is 2.70. The van der Waals surface area contributed by atoms with Crippen molar-refractivity contribution in [2.45, 2.75) is 12.8 Å². The lowest BCUT2D eigenvalue weighted by Crippen LogP contribution is -2.36. The van der Waals surface area contributed by atoms with Crippen LogP contribution in [0.3, 0.4) is 0 Å². The molecule has 0 aromatic carbocycles. The molecule has 0 unspecified atom stereocenters. The topological polar surface area (TPSA) is 32.7 Å². The third kappa shape index (κ3) is 4.10. The van der Waals surface area contributed by atoms with E-state index in [1.807, 2.05) is 0 Å². The monoisotopic (exact) mass is 197 g/mol. The van der Waals surface area contributed by atoms with E-state index < -0.39 is 0 Å². The van der Waals surface area contributed by atoms with Crippen molar-refractivity contribution in [3.63, 3.8) is 0 Å². The van der Waals surface area contributed by atoms with E-state index in [9.17, 15) is 0 Å². The normalized spacial score (nSPS) is 19.4. The van der Waals surface area contributed by atoms with Crippen molar-refractivity contribution in [3.05, 3.63) is 0 Å². The summed E-state index contributed by atoms with van der Waals surface area (Å²) in [6.45, 7) is 4.57. The third-order valence-corrected chi connectivity index (χ3v) is 2.70. The maximum atomic E-state index is 8.96. The molecule has 0 bridgehead atoms. The van der Waals surface area contributed by atoms with Gasteiger partial charge in [-0.2, -0.15) is 0 Å². The average molecular weight is 197 g/mol. The molecule has 14 heavy (non-hydrogen) atoms. The van der Waals surface area contributed by atoms with E-state index in [0.29, 0.717) is 25.7 Å². The van der Waals surface area contributed by atoms with E-state index in [-0.39, 0.29) is 0 Å². The second-order valence-corrected chi connectivity index (χ2v) is 3.72. The van der Waals surface area contributed by atoms with Crippen LogP contribution in [0, 0.1) is 18.3 Å². The van der Waals surface area contributed by atoms with E-state index in [1.54, 1.807) is 0 Å². The van der Waals surface area contributed by atoms with Crippen LogP contribution < -0.4 is 0 Å². The Hall–Kier alpha value is -0.560. The summed E-state index contributed by atoms with van der Waals surface area (Å²) in [7, 11) is 0. The quantitative estimate of drug-likeness (QED) is 0.509. The number of ether oxygens (including phenoxy) is 1. The molecule has 0 aliphatic carbocycles. The largest absolute Gasteiger partial charge is 0.396 e. The van der Waals surface area contributed by atoms with Crippen LogP contribution in [0.4, 0.5) is 0 Å². The molecule has 0 radical (unpaired) electrons. The summed E-state index contributed by atoms with van der Waals surface area (Å²) in [4.78, 5) is 2.36. The van der Waals surface area contributed by atoms with Gasteiger partial charge in [-0.25, -0.2) is 0 Å². The molecule has 80 valence electrons. The minimum atomic E-state index is 0.335. The molecule has 0 amide bonds. The number of aliphatic hydroxyl groups excluding tert-OH is 1. The molecule has 0 saturated carbocycles. The number of rotatable bonds is 5. The Balaban J connectivity index is 2.02. The Morgan fingerprint density at radius 2 is 2.14 bits per heavy atom. The fourth-order valence-electron chi connectivity index (χ4n) is 1.72. The fraction of sp³-hybridized carbons (Fsp3) is 0.818. The van der Waals surface area contributed by atoms with Crippen molar-refractivity contribution in [2.24, 2.45) is 5.92 Å². The van der Waals surface area contributed by atoms with E-state index >= 15 is 0 Å². The molecule has 1 N–H and O–H groups in total. The number of nitrogens with zero attached hydrogens (tertiary/aromatic N) is 1. The van der Waals surface area contributed by atoms with Crippen molar-refractivity contribution < 1.29 is 9.84 Å². The minimum Gasteiger partial charge on any atom is -0.396 e. The number of hydrogen-bond donors (Lipinski definition) is 1. The highest BCUT2D eigenvalue weighted by atomic mass is 16.5. The first-order valence-electron chi connectivity index (χ1n) is 5.21. The van der Waals surface area contributed by atoms with Crippen molar-refractivity contribution >= 4 is 0 Å². The van der Waals surface area contributed by atoms with Gasteiger partial charge >= 0.3 is 0 Å². The highest BCUT2D eigenvalue weighted by Crippen LogP contribution is 2.15. The van der Waals surface area contributed by atoms with Gasteiger partial charge in [0, 0.05) is 13.2 Å². The van der Waals surface area contributed by atoms with Crippen LogP contribution in [-0.4, -0.2) is 49.5 Å². The van der Waals surface area contributed by atoms with Crippen molar-refractivity contribution in [1.29, 1.82) is 0 Å². The molecule has 0 aromatic rings. The van der Waals surface area contributed by atoms with E-state index in [0.717, 1.165) is 32.5 Å². The Bertz CT molecular complexity index is 180. The SMILES string of the molecule is C#CCOCCN1CCC(CO)CC1. The smallest absolute Gasteiger partial charge is 0.107 e. The molecule has 1 saturated heterocycles. The standard InChI is InChI=1S/C11H19NO2/c1-2-8-14-9-7-12-5-3-11(10-13)4-6-12/h1,11,13H,3-10H2. The molecule has 1 rings (SSSR count). The molecule has 1 aliphatic heterocycles. The Labute approximate surface area is 86.0 Å². The molecule has 1 aliphatic rings. The van der Waals surface area contributed by atoms with Gasteiger partial charge in [0.25, 0.3) is 0 Å². The van der Waals surface area contributed by atoms with Gasteiger partial charge in [-0.1, -0.05) is 5.92 Å². The van der Waals surface area contributed by atoms with Crippen LogP contribution in [0.1, 0.15) is 12.8 Å². The van der Waals surface area contributed by atoms with Gasteiger partial charge in [0.05, 0.1) is 6.61 Å². The number of likely N-dealkylation sites (tertiary alicyclic amines) is 1. The molecule has 1 fully saturated rings. The molecule has 3 heteroatoms. The summed E-state index contributed by atoms with van der Waals surface area (Å²) in [6.07, 6.45) is 7.27. The molecule has 0 spiro atoms. The summed E-state index contributed by atoms with van der Waals surface area (Å²) in [5.74, 6) is 2.96. The summed E-state index contributed by atoms with van der Waals surface area (Å²) >= 11 is 0. The highest BCUT2D eigenvalue weighted by Gasteiger charge is 2.17. The van der Waals surface area contributed by atoms with Gasteiger partial charge in [-0.3, -0.25) is 0 Å². The van der Waals surface area contributed by atoms with Crippen molar-refractivity contribution in [3.8, 4) is 12.3 Å². The van der Waals surface area contributed by atoms with Crippen LogP contribution in [0.25, 0.3) is 0 Å². The predicted octanol–water partition coefficient (Wildman–Crippen LogP) is 0.341. The van der Waals surface area contributed by atoms with E-state index in [1.165, 1.54) is 0 Å². The lowest BCUT2D eigenvalue weighted by molar-refractivity contribution is 0.0911. The Morgan fingerprint density at radius 3 is 2.71 bits per heavy atom. The van der Waals surface area contributed by atoms with Crippen molar-refractivity contribution in [2.75, 3.05) is 39.5 Å². The van der Waals surface area contributed by atoms with Gasteiger partial charge in [0.15, 0.2) is 0 Å². The summed E-state index contributed by atoms with van der Waals surface area (Å²) in [5.41, 5.74) is 0. The maximum Gasteiger partial charge on any atom is 0.107 e. The lowest BCUT2D eigenvalue weighted by Gasteiger charge is -2.30. The summed E-state index contributed by atoms with van der Waals surface area (Å²) < 4.78 is 5.21. The second kappa shape index (κ2) is 6.83. The first kappa shape index (κ1) is 11.5. The second-order valence-electron chi connectivity index (χ2n) is 3.72. The highest BCUT2D eigenvalue weighted by molar-refractivity contribution is 4.82. The molecular weight excluding hydrogens is 178 g/mol. The number of terminal acetylenes is 1. The summed E-state index contributed by atoms with van der Waals surface area (Å²) in [6, 6.07) is 0. The van der Waals surface area contributed by atoms with Gasteiger partial charge in [0.1, 0.15) is 6.61 Å². The first-order valence-corrected chi connectivity index (χ1v) is 5.21. The molecular formula is C11H19NO2. The van der Waals surface area contributed by atoms with E-state index in [4.69, 9.17) is 16.3 Å². The van der Waals surface area contributed by atoms with Gasteiger partial charge < -0.3 is 14.7 Å². The molecule has 3 nitrogen and oxygen atoms in total. The van der Waals surface area contributed by atoms with Crippen LogP contribution in [-0.2, 0) is 4.74 Å². The summed E-state index contributed by atoms with van der Waals surface area (Å²) in [5, 5.41) is 8.96. The molecule has 1 heterocycles. The molecule has 0 aromatic heterocycles. The van der Waals surface area contributed by atoms with Crippen LogP contribution in [0.5, 0.6) is 0 Å². The number of aliphatic hydroxyl groups is 1. The van der Waals surface area contributed by atoms with Gasteiger partial charge in [0.2, 0.25) is 0 Å². The maximum absolute atomic E-state index is 8.96. The average Bonchev–Trinajstić information content (AvgIpc) is 2.25. The van der Waals surface area contributed by atoms with Gasteiger partial charge in [-0.05, 0) is 31.8 Å². The zero-order chi connectivity index (χ0) is 10.2. The minimum absolute atomic E-state index is 0.335. The first-order chi connectivity index (χ1) is 6.86. The fourth-order valence-corrected chi connectivity index (χ4v) is 1.72. The Kier molecular flexibility index (Phi) is 5.62. The lowest BCUT2D eigenvalue weighted by atomic mass is 9.98. The zero-order valence-corrected chi connectivity index (χ0v) is 8.61. The van der Waals surface area contributed by atoms with Crippen LogP contribution in [0.2, 0.25) is 0 Å². The predicted molar refractivity (Wildman–Crippen MR) is 55.9 cm³/mol. The Morgan fingerprint density at radius 1 is 1.43 bits per heavy atom. The van der Waals surface area contributed by atoms with Crippen LogP contribution >= 0.6 is 0 Å².